The van der Waals surface area contributed by atoms with Gasteiger partial charge in [0.15, 0.2) is 5.82 Å². The molecule has 0 saturated carbocycles. The van der Waals surface area contributed by atoms with E-state index in [9.17, 15) is 18.7 Å². The molecule has 0 spiro atoms. The van der Waals surface area contributed by atoms with Crippen LogP contribution in [-0.4, -0.2) is 31.0 Å². The second-order valence-electron chi connectivity index (χ2n) is 8.83. The summed E-state index contributed by atoms with van der Waals surface area (Å²) in [6, 6.07) is 3.93. The monoisotopic (exact) mass is 528 g/mol. The Bertz CT molecular complexity index is 1470. The number of rotatable bonds is 8. The standard InChI is InChI=1S/C27H27ClF2N4O3/c1-7-8-20(33-17(4)27(5,6)36)21-11-23(15(2)12-31-21)34-16(3)9-24(25(28)26(34)35)37-14-22-19(30)10-18(29)13-32-22/h7-13,36H,4,14H2,1-3,5-6H3/b8-7-,33-20?. The summed E-state index contributed by atoms with van der Waals surface area (Å²) >= 11 is 6.35. The summed E-state index contributed by atoms with van der Waals surface area (Å²) in [6.07, 6.45) is 5.97. The molecule has 0 atom stereocenters. The summed E-state index contributed by atoms with van der Waals surface area (Å²) in [7, 11) is 0. The molecule has 0 bridgehead atoms. The third kappa shape index (κ3) is 6.36. The highest BCUT2D eigenvalue weighted by Crippen LogP contribution is 2.26. The Kier molecular flexibility index (Phi) is 8.40. The smallest absolute Gasteiger partial charge is 0.277 e. The Morgan fingerprint density at radius 3 is 2.57 bits per heavy atom. The van der Waals surface area contributed by atoms with Crippen molar-refractivity contribution in [1.82, 2.24) is 14.5 Å². The summed E-state index contributed by atoms with van der Waals surface area (Å²) in [6.45, 7) is 12.0. The van der Waals surface area contributed by atoms with Gasteiger partial charge in [-0.25, -0.2) is 13.8 Å². The van der Waals surface area contributed by atoms with Gasteiger partial charge in [-0.15, -0.1) is 0 Å². The second kappa shape index (κ2) is 11.1. The van der Waals surface area contributed by atoms with Crippen LogP contribution in [0.4, 0.5) is 8.78 Å². The van der Waals surface area contributed by atoms with Crippen molar-refractivity contribution in [2.75, 3.05) is 0 Å². The molecule has 3 aromatic heterocycles. The zero-order valence-corrected chi connectivity index (χ0v) is 21.9. The van der Waals surface area contributed by atoms with E-state index in [0.717, 1.165) is 6.20 Å². The number of aliphatic hydroxyl groups is 1. The van der Waals surface area contributed by atoms with Gasteiger partial charge in [0.25, 0.3) is 5.56 Å². The average Bonchev–Trinajstić information content (AvgIpc) is 2.81. The van der Waals surface area contributed by atoms with Gasteiger partial charge in [-0.05, 0) is 52.3 Å². The quantitative estimate of drug-likeness (QED) is 0.395. The molecule has 194 valence electrons. The maximum absolute atomic E-state index is 13.9. The zero-order chi connectivity index (χ0) is 27.5. The van der Waals surface area contributed by atoms with Gasteiger partial charge < -0.3 is 9.84 Å². The van der Waals surface area contributed by atoms with Gasteiger partial charge in [0.1, 0.15) is 34.5 Å². The molecular formula is C27H27ClF2N4O3. The van der Waals surface area contributed by atoms with Crippen LogP contribution < -0.4 is 10.3 Å². The number of aryl methyl sites for hydroxylation is 2. The second-order valence-corrected chi connectivity index (χ2v) is 9.21. The maximum atomic E-state index is 13.9. The van der Waals surface area contributed by atoms with Gasteiger partial charge in [0, 0.05) is 24.0 Å². The first-order valence-corrected chi connectivity index (χ1v) is 11.7. The van der Waals surface area contributed by atoms with Crippen LogP contribution in [0.25, 0.3) is 5.69 Å². The molecule has 37 heavy (non-hydrogen) atoms. The average molecular weight is 529 g/mol. The highest BCUT2D eigenvalue weighted by atomic mass is 35.5. The van der Waals surface area contributed by atoms with Crippen molar-refractivity contribution in [3.05, 3.63) is 105 Å². The molecule has 3 aromatic rings. The van der Waals surface area contributed by atoms with E-state index in [1.54, 1.807) is 58.2 Å². The van der Waals surface area contributed by atoms with Gasteiger partial charge in [0.2, 0.25) is 0 Å². The van der Waals surface area contributed by atoms with Crippen LogP contribution in [-0.2, 0) is 6.61 Å². The lowest BCUT2D eigenvalue weighted by molar-refractivity contribution is 0.119. The van der Waals surface area contributed by atoms with E-state index in [4.69, 9.17) is 16.3 Å². The highest BCUT2D eigenvalue weighted by Gasteiger charge is 2.20. The van der Waals surface area contributed by atoms with Crippen molar-refractivity contribution in [3.63, 3.8) is 0 Å². The van der Waals surface area contributed by atoms with E-state index >= 15 is 0 Å². The van der Waals surface area contributed by atoms with E-state index in [2.05, 4.69) is 21.5 Å². The first kappa shape index (κ1) is 27.9. The molecule has 0 aliphatic heterocycles. The molecule has 1 N–H and O–H groups in total. The zero-order valence-electron chi connectivity index (χ0n) is 21.1. The Morgan fingerprint density at radius 1 is 1.24 bits per heavy atom. The minimum Gasteiger partial charge on any atom is -0.485 e. The number of hydrogen-bond donors (Lipinski definition) is 1. The number of nitrogens with zero attached hydrogens (tertiary/aromatic N) is 4. The van der Waals surface area contributed by atoms with Gasteiger partial charge >= 0.3 is 0 Å². The number of halogens is 3. The Morgan fingerprint density at radius 2 is 1.95 bits per heavy atom. The Balaban J connectivity index is 2.04. The normalized spacial score (nSPS) is 12.3. The van der Waals surface area contributed by atoms with Crippen molar-refractivity contribution in [3.8, 4) is 11.4 Å². The van der Waals surface area contributed by atoms with Gasteiger partial charge in [-0.3, -0.25) is 19.3 Å². The number of hydrogen-bond acceptors (Lipinski definition) is 6. The lowest BCUT2D eigenvalue weighted by Crippen LogP contribution is -2.23. The van der Waals surface area contributed by atoms with E-state index < -0.39 is 22.8 Å². The van der Waals surface area contributed by atoms with Crippen LogP contribution in [0.15, 0.2) is 64.8 Å². The molecule has 7 nitrogen and oxygen atoms in total. The number of allylic oxidation sites excluding steroid dienone is 2. The van der Waals surface area contributed by atoms with Gasteiger partial charge in [-0.2, -0.15) is 0 Å². The first-order valence-electron chi connectivity index (χ1n) is 11.3. The molecule has 0 fully saturated rings. The lowest BCUT2D eigenvalue weighted by atomic mass is 10.1. The van der Waals surface area contributed by atoms with Crippen molar-refractivity contribution < 1.29 is 18.6 Å². The molecule has 0 saturated heterocycles. The van der Waals surface area contributed by atoms with Crippen molar-refractivity contribution in [2.24, 2.45) is 4.99 Å². The predicted molar refractivity (Wildman–Crippen MR) is 140 cm³/mol. The maximum Gasteiger partial charge on any atom is 0.277 e. The SMILES string of the molecule is C=C(N=C(/C=C\C)c1cc(-n2c(C)cc(OCc3ncc(F)cc3F)c(Cl)c2=O)c(C)cn1)C(C)(C)O. The molecule has 3 rings (SSSR count). The van der Waals surface area contributed by atoms with Crippen LogP contribution in [0.5, 0.6) is 5.75 Å². The first-order chi connectivity index (χ1) is 17.3. The van der Waals surface area contributed by atoms with Crippen molar-refractivity contribution in [1.29, 1.82) is 0 Å². The molecule has 0 unspecified atom stereocenters. The van der Waals surface area contributed by atoms with Crippen LogP contribution in [0.3, 0.4) is 0 Å². The van der Waals surface area contributed by atoms with Gasteiger partial charge in [-0.1, -0.05) is 24.3 Å². The summed E-state index contributed by atoms with van der Waals surface area (Å²) in [4.78, 5) is 25.9. The van der Waals surface area contributed by atoms with E-state index in [1.807, 2.05) is 6.92 Å². The largest absolute Gasteiger partial charge is 0.485 e. The fourth-order valence-corrected chi connectivity index (χ4v) is 3.49. The van der Waals surface area contributed by atoms with E-state index in [-0.39, 0.29) is 28.8 Å². The minimum absolute atomic E-state index is 0.0375. The molecule has 10 heteroatoms. The summed E-state index contributed by atoms with van der Waals surface area (Å²) < 4.78 is 34.0. The summed E-state index contributed by atoms with van der Waals surface area (Å²) in [5.74, 6) is -1.64. The number of ether oxygens (including phenoxy) is 1. The van der Waals surface area contributed by atoms with Crippen LogP contribution in [0.1, 0.15) is 43.4 Å². The number of aliphatic imine (C=N–C) groups is 1. The third-order valence-corrected chi connectivity index (χ3v) is 5.76. The van der Waals surface area contributed by atoms with E-state index in [0.29, 0.717) is 34.4 Å². The lowest BCUT2D eigenvalue weighted by Gasteiger charge is -2.18. The van der Waals surface area contributed by atoms with E-state index in [1.165, 1.54) is 4.57 Å². The summed E-state index contributed by atoms with van der Waals surface area (Å²) in [5.41, 5.74) is 0.912. The fraction of sp³-hybridized carbons (Fsp3) is 0.259. The molecule has 0 aliphatic carbocycles. The van der Waals surface area contributed by atoms with Crippen LogP contribution in [0.2, 0.25) is 5.02 Å². The van der Waals surface area contributed by atoms with Gasteiger partial charge in [0.05, 0.1) is 29.0 Å². The highest BCUT2D eigenvalue weighted by molar-refractivity contribution is 6.31. The predicted octanol–water partition coefficient (Wildman–Crippen LogP) is 5.40. The van der Waals surface area contributed by atoms with Crippen molar-refractivity contribution in [2.45, 2.75) is 46.8 Å². The number of aromatic nitrogens is 3. The topological polar surface area (TPSA) is 89.6 Å². The van der Waals surface area contributed by atoms with Crippen molar-refractivity contribution >= 4 is 17.3 Å². The molecule has 3 heterocycles. The minimum atomic E-state index is -1.23. The number of pyridine rings is 3. The molecule has 0 aliphatic rings. The third-order valence-electron chi connectivity index (χ3n) is 5.41. The molecular weight excluding hydrogens is 502 g/mol. The summed E-state index contributed by atoms with van der Waals surface area (Å²) in [5, 5.41) is 10.0. The Labute approximate surface area is 218 Å². The van der Waals surface area contributed by atoms with Crippen LogP contribution >= 0.6 is 11.6 Å². The fourth-order valence-electron chi connectivity index (χ4n) is 3.30. The molecule has 0 amide bonds. The molecule has 0 radical (unpaired) electrons. The van der Waals surface area contributed by atoms with Crippen LogP contribution in [0, 0.1) is 25.5 Å². The molecule has 0 aromatic carbocycles. The Hall–Kier alpha value is -3.69.